The fraction of sp³-hybridized carbons (Fsp3) is 0.176. The van der Waals surface area contributed by atoms with Gasteiger partial charge in [0.1, 0.15) is 0 Å². The first-order chi connectivity index (χ1) is 11.4. The second-order valence-electron chi connectivity index (χ2n) is 5.35. The molecule has 2 aromatic carbocycles. The van der Waals surface area contributed by atoms with Gasteiger partial charge in [0.05, 0.1) is 35.4 Å². The molecule has 7 heteroatoms. The van der Waals surface area contributed by atoms with Crippen molar-refractivity contribution < 1.29 is 18.3 Å². The third-order valence-corrected chi connectivity index (χ3v) is 3.72. The summed E-state index contributed by atoms with van der Waals surface area (Å²) >= 11 is 0. The van der Waals surface area contributed by atoms with Gasteiger partial charge in [0, 0.05) is 0 Å². The van der Waals surface area contributed by atoms with Crippen molar-refractivity contribution in [2.45, 2.75) is 18.8 Å². The molecular formula is C17H13F3N2O2. The first kappa shape index (κ1) is 16.2. The molecule has 0 aliphatic carbocycles. The molecule has 0 aliphatic rings. The predicted molar refractivity (Wildman–Crippen MR) is 82.4 cm³/mol. The van der Waals surface area contributed by atoms with E-state index in [-0.39, 0.29) is 12.1 Å². The molecular weight excluding hydrogens is 321 g/mol. The maximum atomic E-state index is 12.6. The molecule has 4 nitrogen and oxygen atoms in total. The van der Waals surface area contributed by atoms with Crippen LogP contribution in [0.25, 0.3) is 10.9 Å². The first-order valence-corrected chi connectivity index (χ1v) is 7.15. The molecule has 3 aromatic rings. The number of aromatic nitrogens is 2. The zero-order valence-electron chi connectivity index (χ0n) is 12.4. The van der Waals surface area contributed by atoms with Crippen LogP contribution >= 0.6 is 0 Å². The third kappa shape index (κ3) is 3.16. The molecule has 0 saturated heterocycles. The number of aliphatic hydroxyl groups excluding tert-OH is 1. The number of benzene rings is 2. The summed E-state index contributed by atoms with van der Waals surface area (Å²) in [6, 6.07) is 11.0. The van der Waals surface area contributed by atoms with Crippen LogP contribution in [-0.2, 0) is 12.7 Å². The standard InChI is InChI=1S/C17H13F3N2O2/c18-17(19,20)12-7-5-11(6-8-12)15(23)9-22-10-21-14-4-2-1-3-13(14)16(22)24/h1-8,10,15,23H,9H2. The quantitative estimate of drug-likeness (QED) is 0.800. The normalized spacial score (nSPS) is 13.2. The fourth-order valence-electron chi connectivity index (χ4n) is 2.42. The summed E-state index contributed by atoms with van der Waals surface area (Å²) in [7, 11) is 0. The minimum absolute atomic E-state index is 0.0952. The molecule has 0 radical (unpaired) electrons. The number of fused-ring (bicyclic) bond motifs is 1. The van der Waals surface area contributed by atoms with Gasteiger partial charge in [-0.05, 0) is 29.8 Å². The van der Waals surface area contributed by atoms with Crippen molar-refractivity contribution in [3.05, 3.63) is 76.3 Å². The van der Waals surface area contributed by atoms with Crippen LogP contribution in [0.5, 0.6) is 0 Å². The summed E-state index contributed by atoms with van der Waals surface area (Å²) < 4.78 is 38.9. The Hall–Kier alpha value is -2.67. The van der Waals surface area contributed by atoms with Crippen molar-refractivity contribution in [3.8, 4) is 0 Å². The Morgan fingerprint density at radius 2 is 1.75 bits per heavy atom. The van der Waals surface area contributed by atoms with Crippen molar-refractivity contribution in [1.82, 2.24) is 9.55 Å². The molecule has 1 atom stereocenters. The number of rotatable bonds is 3. The van der Waals surface area contributed by atoms with E-state index in [1.54, 1.807) is 24.3 Å². The second kappa shape index (κ2) is 6.09. The summed E-state index contributed by atoms with van der Waals surface area (Å²) in [5.41, 5.74) is -0.264. The van der Waals surface area contributed by atoms with E-state index in [1.807, 2.05) is 0 Å². The van der Waals surface area contributed by atoms with E-state index in [1.165, 1.54) is 23.0 Å². The van der Waals surface area contributed by atoms with Crippen LogP contribution in [0.4, 0.5) is 13.2 Å². The lowest BCUT2D eigenvalue weighted by atomic mass is 10.1. The van der Waals surface area contributed by atoms with Gasteiger partial charge in [0.15, 0.2) is 0 Å². The maximum absolute atomic E-state index is 12.6. The van der Waals surface area contributed by atoms with Gasteiger partial charge < -0.3 is 5.11 Å². The highest BCUT2D eigenvalue weighted by Gasteiger charge is 2.30. The molecule has 24 heavy (non-hydrogen) atoms. The largest absolute Gasteiger partial charge is 0.416 e. The highest BCUT2D eigenvalue weighted by atomic mass is 19.4. The zero-order valence-corrected chi connectivity index (χ0v) is 12.4. The van der Waals surface area contributed by atoms with Crippen molar-refractivity contribution in [2.24, 2.45) is 0 Å². The molecule has 0 amide bonds. The molecule has 0 aliphatic heterocycles. The lowest BCUT2D eigenvalue weighted by Gasteiger charge is -2.14. The van der Waals surface area contributed by atoms with E-state index in [0.29, 0.717) is 16.5 Å². The summed E-state index contributed by atoms with van der Waals surface area (Å²) in [5.74, 6) is 0. The summed E-state index contributed by atoms with van der Waals surface area (Å²) in [4.78, 5) is 16.5. The number of nitrogens with zero attached hydrogens (tertiary/aromatic N) is 2. The number of halogens is 3. The van der Waals surface area contributed by atoms with Crippen molar-refractivity contribution in [3.63, 3.8) is 0 Å². The number of hydrogen-bond donors (Lipinski definition) is 1. The molecule has 0 spiro atoms. The molecule has 1 N–H and O–H groups in total. The Labute approximate surface area is 134 Å². The highest BCUT2D eigenvalue weighted by molar-refractivity contribution is 5.76. The van der Waals surface area contributed by atoms with Crippen LogP contribution in [0.1, 0.15) is 17.2 Å². The van der Waals surface area contributed by atoms with E-state index < -0.39 is 17.8 Å². The van der Waals surface area contributed by atoms with Gasteiger partial charge in [0.25, 0.3) is 5.56 Å². The average molecular weight is 334 g/mol. The van der Waals surface area contributed by atoms with Crippen molar-refractivity contribution in [2.75, 3.05) is 0 Å². The van der Waals surface area contributed by atoms with Crippen LogP contribution in [0, 0.1) is 0 Å². The van der Waals surface area contributed by atoms with Gasteiger partial charge in [0.2, 0.25) is 0 Å². The molecule has 0 fully saturated rings. The minimum atomic E-state index is -4.43. The zero-order chi connectivity index (χ0) is 17.3. The van der Waals surface area contributed by atoms with Gasteiger partial charge in [-0.15, -0.1) is 0 Å². The van der Waals surface area contributed by atoms with Crippen LogP contribution in [0.3, 0.4) is 0 Å². The topological polar surface area (TPSA) is 55.1 Å². The Morgan fingerprint density at radius 1 is 1.08 bits per heavy atom. The Morgan fingerprint density at radius 3 is 2.42 bits per heavy atom. The fourth-order valence-corrected chi connectivity index (χ4v) is 2.42. The average Bonchev–Trinajstić information content (AvgIpc) is 2.57. The Kier molecular flexibility index (Phi) is 4.11. The van der Waals surface area contributed by atoms with Gasteiger partial charge in [-0.3, -0.25) is 9.36 Å². The molecule has 124 valence electrons. The van der Waals surface area contributed by atoms with Crippen molar-refractivity contribution >= 4 is 10.9 Å². The number of alkyl halides is 3. The summed E-state index contributed by atoms with van der Waals surface area (Å²) in [6.45, 7) is -0.0952. The maximum Gasteiger partial charge on any atom is 0.416 e. The molecule has 3 rings (SSSR count). The van der Waals surface area contributed by atoms with E-state index in [9.17, 15) is 23.1 Å². The second-order valence-corrected chi connectivity index (χ2v) is 5.35. The van der Waals surface area contributed by atoms with Gasteiger partial charge in [-0.25, -0.2) is 4.98 Å². The smallest absolute Gasteiger partial charge is 0.387 e. The lowest BCUT2D eigenvalue weighted by molar-refractivity contribution is -0.137. The Balaban J connectivity index is 1.86. The van der Waals surface area contributed by atoms with Crippen LogP contribution in [0.2, 0.25) is 0 Å². The SMILES string of the molecule is O=c1c2ccccc2ncn1CC(O)c1ccc(C(F)(F)F)cc1. The van der Waals surface area contributed by atoms with Gasteiger partial charge in [-0.1, -0.05) is 24.3 Å². The van der Waals surface area contributed by atoms with Crippen LogP contribution < -0.4 is 5.56 Å². The van der Waals surface area contributed by atoms with E-state index in [2.05, 4.69) is 4.98 Å². The Bertz CT molecular complexity index is 918. The van der Waals surface area contributed by atoms with Crippen molar-refractivity contribution in [1.29, 1.82) is 0 Å². The van der Waals surface area contributed by atoms with E-state index in [0.717, 1.165) is 12.1 Å². The monoisotopic (exact) mass is 334 g/mol. The molecule has 1 aromatic heterocycles. The molecule has 1 unspecified atom stereocenters. The minimum Gasteiger partial charge on any atom is -0.387 e. The number of para-hydroxylation sites is 1. The molecule has 0 bridgehead atoms. The first-order valence-electron chi connectivity index (χ1n) is 7.15. The van der Waals surface area contributed by atoms with Crippen LogP contribution in [-0.4, -0.2) is 14.7 Å². The summed E-state index contributed by atoms with van der Waals surface area (Å²) in [6.07, 6.45) is -4.23. The third-order valence-electron chi connectivity index (χ3n) is 3.72. The van der Waals surface area contributed by atoms with Gasteiger partial charge in [-0.2, -0.15) is 13.2 Å². The highest BCUT2D eigenvalue weighted by Crippen LogP contribution is 2.30. The number of hydrogen-bond acceptors (Lipinski definition) is 3. The van der Waals surface area contributed by atoms with Gasteiger partial charge >= 0.3 is 6.18 Å². The molecule has 0 saturated carbocycles. The summed E-state index contributed by atoms with van der Waals surface area (Å²) in [5, 5.41) is 10.6. The number of aliphatic hydroxyl groups is 1. The lowest BCUT2D eigenvalue weighted by Crippen LogP contribution is -2.23. The van der Waals surface area contributed by atoms with E-state index >= 15 is 0 Å². The van der Waals surface area contributed by atoms with E-state index in [4.69, 9.17) is 0 Å². The van der Waals surface area contributed by atoms with Crippen LogP contribution in [0.15, 0.2) is 59.7 Å². The molecule has 1 heterocycles. The predicted octanol–water partition coefficient (Wildman–Crippen LogP) is 3.15.